The molecule has 5 nitrogen and oxygen atoms in total. The number of esters is 1. The van der Waals surface area contributed by atoms with Gasteiger partial charge in [0.2, 0.25) is 5.76 Å². The molecule has 5 heteroatoms. The Kier molecular flexibility index (Phi) is 6.47. The largest absolute Gasteiger partial charge is 0.497 e. The topological polar surface area (TPSA) is 54.0 Å². The van der Waals surface area contributed by atoms with Crippen molar-refractivity contribution in [2.24, 2.45) is 0 Å². The lowest BCUT2D eigenvalue weighted by molar-refractivity contribution is -0.146. The predicted molar refractivity (Wildman–Crippen MR) is 61.3 cm³/mol. The van der Waals surface area contributed by atoms with Crippen LogP contribution in [0.15, 0.2) is 12.0 Å². The normalized spacial score (nSPS) is 20.1. The summed E-state index contributed by atoms with van der Waals surface area (Å²) in [5, 5.41) is 0. The summed E-state index contributed by atoms with van der Waals surface area (Å²) in [7, 11) is 0. The van der Waals surface area contributed by atoms with Gasteiger partial charge in [0, 0.05) is 6.61 Å². The minimum Gasteiger partial charge on any atom is -0.497 e. The molecule has 0 aromatic heterocycles. The van der Waals surface area contributed by atoms with Crippen LogP contribution in [0.5, 0.6) is 0 Å². The number of carbonyl (C=O) groups excluding carboxylic acids is 1. The molecule has 1 heterocycles. The van der Waals surface area contributed by atoms with E-state index in [1.165, 1.54) is 6.26 Å². The van der Waals surface area contributed by atoms with Crippen LogP contribution < -0.4 is 0 Å². The molecular formula is C12H20O5. The highest BCUT2D eigenvalue weighted by Gasteiger charge is 2.20. The van der Waals surface area contributed by atoms with Crippen LogP contribution in [-0.4, -0.2) is 38.5 Å². The SMILES string of the molecule is CCOC=C(OCC)C(=O)OCC1CCCO1. The van der Waals surface area contributed by atoms with Crippen LogP contribution >= 0.6 is 0 Å². The fourth-order valence-electron chi connectivity index (χ4n) is 1.47. The second-order valence-electron chi connectivity index (χ2n) is 3.60. The molecule has 98 valence electrons. The third-order valence-electron chi connectivity index (χ3n) is 2.28. The highest BCUT2D eigenvalue weighted by Crippen LogP contribution is 2.13. The van der Waals surface area contributed by atoms with Gasteiger partial charge in [-0.1, -0.05) is 0 Å². The van der Waals surface area contributed by atoms with Crippen molar-refractivity contribution in [1.29, 1.82) is 0 Å². The quantitative estimate of drug-likeness (QED) is 0.387. The molecule has 0 spiro atoms. The lowest BCUT2D eigenvalue weighted by Gasteiger charge is -2.12. The second kappa shape index (κ2) is 7.95. The lowest BCUT2D eigenvalue weighted by atomic mass is 10.2. The standard InChI is InChI=1S/C12H20O5/c1-3-14-9-11(15-4-2)12(13)17-8-10-6-5-7-16-10/h9-10H,3-8H2,1-2H3. The van der Waals surface area contributed by atoms with Crippen LogP contribution in [0.1, 0.15) is 26.7 Å². The van der Waals surface area contributed by atoms with Crippen molar-refractivity contribution < 1.29 is 23.7 Å². The fraction of sp³-hybridized carbons (Fsp3) is 0.750. The molecule has 1 saturated heterocycles. The Labute approximate surface area is 102 Å². The highest BCUT2D eigenvalue weighted by molar-refractivity contribution is 5.85. The molecule has 0 radical (unpaired) electrons. The summed E-state index contributed by atoms with van der Waals surface area (Å²) in [6.07, 6.45) is 3.28. The predicted octanol–water partition coefficient (Wildman–Crippen LogP) is 1.62. The van der Waals surface area contributed by atoms with Crippen molar-refractivity contribution in [3.8, 4) is 0 Å². The lowest BCUT2D eigenvalue weighted by Crippen LogP contribution is -2.20. The molecule has 1 atom stereocenters. The van der Waals surface area contributed by atoms with Gasteiger partial charge in [-0.15, -0.1) is 0 Å². The summed E-state index contributed by atoms with van der Waals surface area (Å²) < 4.78 is 20.6. The zero-order chi connectivity index (χ0) is 12.5. The van der Waals surface area contributed by atoms with Crippen molar-refractivity contribution in [2.45, 2.75) is 32.8 Å². The molecule has 1 aliphatic rings. The van der Waals surface area contributed by atoms with Gasteiger partial charge in [0.15, 0.2) is 0 Å². The van der Waals surface area contributed by atoms with E-state index >= 15 is 0 Å². The van der Waals surface area contributed by atoms with Crippen LogP contribution in [-0.2, 0) is 23.7 Å². The zero-order valence-corrected chi connectivity index (χ0v) is 10.4. The van der Waals surface area contributed by atoms with Gasteiger partial charge in [-0.2, -0.15) is 0 Å². The van der Waals surface area contributed by atoms with Crippen LogP contribution in [0.2, 0.25) is 0 Å². The van der Waals surface area contributed by atoms with Gasteiger partial charge in [0.1, 0.15) is 12.9 Å². The minimum absolute atomic E-state index is 0.0221. The Bertz CT molecular complexity index is 256. The van der Waals surface area contributed by atoms with Crippen molar-refractivity contribution in [2.75, 3.05) is 26.4 Å². The van der Waals surface area contributed by atoms with E-state index in [0.29, 0.717) is 13.2 Å². The van der Waals surface area contributed by atoms with E-state index in [0.717, 1.165) is 19.4 Å². The van der Waals surface area contributed by atoms with Crippen LogP contribution in [0.3, 0.4) is 0 Å². The first-order valence-corrected chi connectivity index (χ1v) is 6.01. The molecule has 0 N–H and O–H groups in total. The molecule has 1 unspecified atom stereocenters. The third kappa shape index (κ3) is 5.08. The summed E-state index contributed by atoms with van der Waals surface area (Å²) in [5.41, 5.74) is 0. The van der Waals surface area contributed by atoms with E-state index in [1.807, 2.05) is 6.92 Å². The average Bonchev–Trinajstić information content (AvgIpc) is 2.84. The summed E-state index contributed by atoms with van der Waals surface area (Å²) >= 11 is 0. The van der Waals surface area contributed by atoms with Gasteiger partial charge in [-0.3, -0.25) is 0 Å². The maximum atomic E-state index is 11.6. The van der Waals surface area contributed by atoms with Gasteiger partial charge in [-0.05, 0) is 26.7 Å². The van der Waals surface area contributed by atoms with E-state index in [2.05, 4.69) is 0 Å². The fourth-order valence-corrected chi connectivity index (χ4v) is 1.47. The first-order valence-electron chi connectivity index (χ1n) is 6.01. The Morgan fingerprint density at radius 3 is 2.76 bits per heavy atom. The van der Waals surface area contributed by atoms with Gasteiger partial charge in [0.25, 0.3) is 0 Å². The number of hydrogen-bond acceptors (Lipinski definition) is 5. The van der Waals surface area contributed by atoms with Crippen molar-refractivity contribution in [1.82, 2.24) is 0 Å². The van der Waals surface area contributed by atoms with E-state index in [1.54, 1.807) is 6.92 Å². The number of hydrogen-bond donors (Lipinski definition) is 0. The van der Waals surface area contributed by atoms with Crippen LogP contribution in [0.25, 0.3) is 0 Å². The Morgan fingerprint density at radius 1 is 1.35 bits per heavy atom. The highest BCUT2D eigenvalue weighted by atomic mass is 16.6. The summed E-state index contributed by atoms with van der Waals surface area (Å²) in [4.78, 5) is 11.6. The third-order valence-corrected chi connectivity index (χ3v) is 2.28. The molecule has 0 amide bonds. The van der Waals surface area contributed by atoms with Gasteiger partial charge < -0.3 is 18.9 Å². The number of rotatable bonds is 7. The van der Waals surface area contributed by atoms with Crippen molar-refractivity contribution in [3.63, 3.8) is 0 Å². The number of ether oxygens (including phenoxy) is 4. The Balaban J connectivity index is 2.35. The number of carbonyl (C=O) groups is 1. The molecule has 0 aromatic rings. The Hall–Kier alpha value is -1.23. The molecule has 1 rings (SSSR count). The summed E-state index contributed by atoms with van der Waals surface area (Å²) in [6.45, 7) is 5.53. The van der Waals surface area contributed by atoms with E-state index in [9.17, 15) is 4.79 Å². The van der Waals surface area contributed by atoms with Gasteiger partial charge >= 0.3 is 5.97 Å². The van der Waals surface area contributed by atoms with E-state index < -0.39 is 5.97 Å². The van der Waals surface area contributed by atoms with Crippen LogP contribution in [0, 0.1) is 0 Å². The van der Waals surface area contributed by atoms with E-state index in [-0.39, 0.29) is 18.5 Å². The maximum absolute atomic E-state index is 11.6. The van der Waals surface area contributed by atoms with Crippen molar-refractivity contribution >= 4 is 5.97 Å². The molecule has 0 aromatic carbocycles. The molecule has 0 aliphatic carbocycles. The smallest absolute Gasteiger partial charge is 0.377 e. The molecule has 0 bridgehead atoms. The first kappa shape index (κ1) is 13.8. The molecule has 0 saturated carbocycles. The molecule has 17 heavy (non-hydrogen) atoms. The molecular weight excluding hydrogens is 224 g/mol. The second-order valence-corrected chi connectivity index (χ2v) is 3.60. The monoisotopic (exact) mass is 244 g/mol. The minimum atomic E-state index is -0.504. The zero-order valence-electron chi connectivity index (χ0n) is 10.4. The van der Waals surface area contributed by atoms with Gasteiger partial charge in [0.05, 0.1) is 19.3 Å². The summed E-state index contributed by atoms with van der Waals surface area (Å²) in [6, 6.07) is 0. The molecule has 1 aliphatic heterocycles. The van der Waals surface area contributed by atoms with Crippen molar-refractivity contribution in [3.05, 3.63) is 12.0 Å². The van der Waals surface area contributed by atoms with Crippen LogP contribution in [0.4, 0.5) is 0 Å². The maximum Gasteiger partial charge on any atom is 0.377 e. The van der Waals surface area contributed by atoms with E-state index in [4.69, 9.17) is 18.9 Å². The molecule has 1 fully saturated rings. The van der Waals surface area contributed by atoms with Gasteiger partial charge in [-0.25, -0.2) is 4.79 Å². The first-order chi connectivity index (χ1) is 8.27. The average molecular weight is 244 g/mol. The Morgan fingerprint density at radius 2 is 2.18 bits per heavy atom. The summed E-state index contributed by atoms with van der Waals surface area (Å²) in [5.74, 6) is -0.400.